The van der Waals surface area contributed by atoms with Crippen molar-refractivity contribution in [3.63, 3.8) is 0 Å². The van der Waals surface area contributed by atoms with E-state index in [2.05, 4.69) is 10.5 Å². The highest BCUT2D eigenvalue weighted by Gasteiger charge is 2.33. The van der Waals surface area contributed by atoms with Crippen molar-refractivity contribution in [2.45, 2.75) is 31.7 Å². The average Bonchev–Trinajstić information content (AvgIpc) is 3.04. The molecule has 7 heteroatoms. The molecule has 1 aromatic heterocycles. The number of carbonyl (C=O) groups excluding carboxylic acids is 2. The van der Waals surface area contributed by atoms with E-state index in [-0.39, 0.29) is 30.3 Å². The third kappa shape index (κ3) is 3.24. The van der Waals surface area contributed by atoms with Gasteiger partial charge in [-0.3, -0.25) is 14.5 Å². The average molecular weight is 292 g/mol. The monoisotopic (exact) mass is 292 g/mol. The van der Waals surface area contributed by atoms with Gasteiger partial charge in [-0.1, -0.05) is 12.1 Å². The number of rotatable bonds is 5. The normalized spacial score (nSPS) is 26.0. The molecule has 0 spiro atoms. The summed E-state index contributed by atoms with van der Waals surface area (Å²) in [6.07, 6.45) is 2.22. The van der Waals surface area contributed by atoms with Crippen LogP contribution in [-0.2, 0) is 4.79 Å². The lowest BCUT2D eigenvalue weighted by Gasteiger charge is -2.15. The quantitative estimate of drug-likeness (QED) is 0.800. The molecular weight excluding hydrogens is 272 g/mol. The minimum absolute atomic E-state index is 0.00192. The molecule has 0 radical (unpaired) electrons. The van der Waals surface area contributed by atoms with E-state index in [1.165, 1.54) is 0 Å². The molecule has 1 saturated heterocycles. The Hall–Kier alpha value is -1.89. The van der Waals surface area contributed by atoms with Gasteiger partial charge in [-0.25, -0.2) is 0 Å². The molecule has 3 N–H and O–H groups in total. The predicted octanol–water partition coefficient (Wildman–Crippen LogP) is 0.0874. The summed E-state index contributed by atoms with van der Waals surface area (Å²) in [6.45, 7) is 3.65. The van der Waals surface area contributed by atoms with Crippen LogP contribution in [0.25, 0.3) is 0 Å². The number of aromatic nitrogens is 1. The van der Waals surface area contributed by atoms with E-state index < -0.39 is 0 Å². The smallest absolute Gasteiger partial charge is 0.273 e. The van der Waals surface area contributed by atoms with Crippen LogP contribution in [0, 0.1) is 5.92 Å². The number of nitrogens with zero attached hydrogens (tertiary/aromatic N) is 2. The van der Waals surface area contributed by atoms with Crippen LogP contribution >= 0.6 is 0 Å². The molecule has 114 valence electrons. The molecular formula is C14H20N4O3. The molecule has 7 nitrogen and oxygen atoms in total. The maximum Gasteiger partial charge on any atom is 0.273 e. The Bertz CT molecular complexity index is 552. The third-order valence-electron chi connectivity index (χ3n) is 4.12. The van der Waals surface area contributed by atoms with Gasteiger partial charge in [0.25, 0.3) is 5.91 Å². The van der Waals surface area contributed by atoms with Gasteiger partial charge in [0.2, 0.25) is 5.91 Å². The summed E-state index contributed by atoms with van der Waals surface area (Å²) in [5, 5.41) is 6.80. The molecule has 1 aromatic rings. The van der Waals surface area contributed by atoms with Crippen LogP contribution in [0.3, 0.4) is 0 Å². The molecule has 0 bridgehead atoms. The molecule has 3 rings (SSSR count). The Morgan fingerprint density at radius 3 is 2.90 bits per heavy atom. The van der Waals surface area contributed by atoms with Crippen molar-refractivity contribution in [1.29, 1.82) is 0 Å². The number of primary amides is 1. The van der Waals surface area contributed by atoms with Gasteiger partial charge in [0.05, 0.1) is 6.54 Å². The lowest BCUT2D eigenvalue weighted by atomic mass is 10.1. The molecule has 2 amide bonds. The molecule has 1 saturated carbocycles. The molecule has 1 aliphatic carbocycles. The number of nitrogens with two attached hydrogens (primary N) is 1. The van der Waals surface area contributed by atoms with Gasteiger partial charge in [0, 0.05) is 31.1 Å². The zero-order valence-electron chi connectivity index (χ0n) is 12.0. The summed E-state index contributed by atoms with van der Waals surface area (Å²) in [5.74, 6) is 0.941. The van der Waals surface area contributed by atoms with Crippen molar-refractivity contribution in [3.05, 3.63) is 17.5 Å². The van der Waals surface area contributed by atoms with Crippen LogP contribution in [-0.4, -0.2) is 47.5 Å². The number of hydrogen-bond donors (Lipinski definition) is 2. The van der Waals surface area contributed by atoms with Crippen molar-refractivity contribution in [2.24, 2.45) is 11.7 Å². The van der Waals surface area contributed by atoms with Crippen LogP contribution < -0.4 is 11.1 Å². The molecule has 2 fully saturated rings. The van der Waals surface area contributed by atoms with Gasteiger partial charge >= 0.3 is 0 Å². The second-order valence-electron chi connectivity index (χ2n) is 6.11. The van der Waals surface area contributed by atoms with Crippen LogP contribution in [0.4, 0.5) is 0 Å². The van der Waals surface area contributed by atoms with Gasteiger partial charge in [-0.15, -0.1) is 0 Å². The first-order valence-corrected chi connectivity index (χ1v) is 7.31. The number of nitrogens with one attached hydrogen (secondary N) is 1. The summed E-state index contributed by atoms with van der Waals surface area (Å²) >= 11 is 0. The fourth-order valence-corrected chi connectivity index (χ4v) is 2.80. The number of carbonyl (C=O) groups is 2. The molecule has 2 aliphatic rings. The Morgan fingerprint density at radius 1 is 1.48 bits per heavy atom. The van der Waals surface area contributed by atoms with Crippen molar-refractivity contribution >= 4 is 11.8 Å². The zero-order chi connectivity index (χ0) is 15.0. The Labute approximate surface area is 122 Å². The van der Waals surface area contributed by atoms with E-state index in [9.17, 15) is 9.59 Å². The van der Waals surface area contributed by atoms with Crippen LogP contribution in [0.5, 0.6) is 0 Å². The van der Waals surface area contributed by atoms with Crippen molar-refractivity contribution in [1.82, 2.24) is 15.4 Å². The van der Waals surface area contributed by atoms with Crippen molar-refractivity contribution in [3.8, 4) is 0 Å². The maximum absolute atomic E-state index is 12.2. The fourth-order valence-electron chi connectivity index (χ4n) is 2.80. The number of likely N-dealkylation sites (tertiary alicyclic amines) is 1. The first-order valence-electron chi connectivity index (χ1n) is 7.31. The van der Waals surface area contributed by atoms with Crippen LogP contribution in [0.15, 0.2) is 10.6 Å². The lowest BCUT2D eigenvalue weighted by Crippen LogP contribution is -2.40. The molecule has 21 heavy (non-hydrogen) atoms. The molecule has 2 atom stereocenters. The Balaban J connectivity index is 1.57. The highest BCUT2D eigenvalue weighted by molar-refractivity contribution is 5.92. The second kappa shape index (κ2) is 5.48. The zero-order valence-corrected chi connectivity index (χ0v) is 12.0. The van der Waals surface area contributed by atoms with Gasteiger partial charge in [-0.2, -0.15) is 0 Å². The number of hydrogen-bond acceptors (Lipinski definition) is 5. The standard InChI is InChI=1S/C14H20N4O3/c1-8-5-18(7-13(15)19)6-11(8)16-14(20)10-4-12(21-17-10)9-2-3-9/h4,8-9,11H,2-3,5-7H2,1H3,(H2,15,19)(H,16,20)/t8-,11+/m0/s1. The van der Waals surface area contributed by atoms with Gasteiger partial charge in [-0.05, 0) is 18.8 Å². The topological polar surface area (TPSA) is 101 Å². The maximum atomic E-state index is 12.2. The van der Waals surface area contributed by atoms with E-state index in [1.807, 2.05) is 11.8 Å². The molecule has 0 aromatic carbocycles. The van der Waals surface area contributed by atoms with E-state index >= 15 is 0 Å². The Kier molecular flexibility index (Phi) is 3.67. The van der Waals surface area contributed by atoms with Crippen LogP contribution in [0.1, 0.15) is 41.9 Å². The third-order valence-corrected chi connectivity index (χ3v) is 4.12. The van der Waals surface area contributed by atoms with Crippen LogP contribution in [0.2, 0.25) is 0 Å². The van der Waals surface area contributed by atoms with E-state index in [0.29, 0.717) is 18.2 Å². The largest absolute Gasteiger partial charge is 0.369 e. The van der Waals surface area contributed by atoms with E-state index in [0.717, 1.165) is 25.1 Å². The molecule has 2 heterocycles. The van der Waals surface area contributed by atoms with E-state index in [4.69, 9.17) is 10.3 Å². The fraction of sp³-hybridized carbons (Fsp3) is 0.643. The van der Waals surface area contributed by atoms with Gasteiger partial charge < -0.3 is 15.6 Å². The molecule has 0 unspecified atom stereocenters. The van der Waals surface area contributed by atoms with E-state index in [1.54, 1.807) is 6.07 Å². The lowest BCUT2D eigenvalue weighted by molar-refractivity contribution is -0.118. The summed E-state index contributed by atoms with van der Waals surface area (Å²) in [5.41, 5.74) is 5.53. The SMILES string of the molecule is C[C@H]1CN(CC(N)=O)C[C@H]1NC(=O)c1cc(C2CC2)on1. The highest BCUT2D eigenvalue weighted by atomic mass is 16.5. The summed E-state index contributed by atoms with van der Waals surface area (Å²) < 4.78 is 5.19. The minimum atomic E-state index is -0.347. The first kappa shape index (κ1) is 14.1. The van der Waals surface area contributed by atoms with Crippen molar-refractivity contribution in [2.75, 3.05) is 19.6 Å². The second-order valence-corrected chi connectivity index (χ2v) is 6.11. The number of amides is 2. The Morgan fingerprint density at radius 2 is 2.24 bits per heavy atom. The molecule has 1 aliphatic heterocycles. The predicted molar refractivity (Wildman–Crippen MR) is 74.5 cm³/mol. The van der Waals surface area contributed by atoms with Gasteiger partial charge in [0.15, 0.2) is 5.69 Å². The summed E-state index contributed by atoms with van der Waals surface area (Å²) in [4.78, 5) is 25.1. The van der Waals surface area contributed by atoms with Crippen molar-refractivity contribution < 1.29 is 14.1 Å². The summed E-state index contributed by atoms with van der Waals surface area (Å²) in [6, 6.07) is 1.73. The minimum Gasteiger partial charge on any atom is -0.369 e. The first-order chi connectivity index (χ1) is 10.0. The van der Waals surface area contributed by atoms with Gasteiger partial charge in [0.1, 0.15) is 5.76 Å². The highest BCUT2D eigenvalue weighted by Crippen LogP contribution is 2.40. The summed E-state index contributed by atoms with van der Waals surface area (Å²) in [7, 11) is 0.